The van der Waals surface area contributed by atoms with Gasteiger partial charge in [0.1, 0.15) is 12.4 Å². The van der Waals surface area contributed by atoms with Crippen LogP contribution < -0.4 is 5.32 Å². The Balaban J connectivity index is 2.07. The minimum atomic E-state index is -0.552. The van der Waals surface area contributed by atoms with Gasteiger partial charge in [-0.25, -0.2) is 4.79 Å². The van der Waals surface area contributed by atoms with Crippen molar-refractivity contribution in [2.45, 2.75) is 32.6 Å². The van der Waals surface area contributed by atoms with Gasteiger partial charge in [0.25, 0.3) is 0 Å². The van der Waals surface area contributed by atoms with E-state index in [9.17, 15) is 14.7 Å². The summed E-state index contributed by atoms with van der Waals surface area (Å²) in [4.78, 5) is 25.7. The van der Waals surface area contributed by atoms with Gasteiger partial charge in [0.15, 0.2) is 5.78 Å². The van der Waals surface area contributed by atoms with Crippen LogP contribution in [-0.4, -0.2) is 37.2 Å². The highest BCUT2D eigenvalue weighted by molar-refractivity contribution is 6.03. The van der Waals surface area contributed by atoms with Crippen LogP contribution in [0.2, 0.25) is 0 Å². The van der Waals surface area contributed by atoms with Crippen molar-refractivity contribution >= 4 is 11.8 Å². The van der Waals surface area contributed by atoms with E-state index in [1.165, 1.54) is 7.11 Å². The molecule has 0 radical (unpaired) electrons. The second-order valence-electron chi connectivity index (χ2n) is 7.15. The number of hydrogen-bond donors (Lipinski definition) is 2. The fraction of sp³-hybridized carbons (Fsp3) is 0.429. The van der Waals surface area contributed by atoms with Gasteiger partial charge in [0, 0.05) is 36.4 Å². The zero-order valence-electron chi connectivity index (χ0n) is 15.9. The topological polar surface area (TPSA) is 84.9 Å². The lowest BCUT2D eigenvalue weighted by molar-refractivity contribution is -0.140. The van der Waals surface area contributed by atoms with Crippen LogP contribution in [0.3, 0.4) is 0 Å². The summed E-state index contributed by atoms with van der Waals surface area (Å²) in [6.07, 6.45) is 1.20. The number of dihydropyridines is 1. The fourth-order valence-corrected chi connectivity index (χ4v) is 3.84. The van der Waals surface area contributed by atoms with Gasteiger partial charge >= 0.3 is 5.97 Å². The van der Waals surface area contributed by atoms with E-state index in [0.29, 0.717) is 35.4 Å². The molecular formula is C21H25NO5. The number of rotatable bonds is 5. The molecule has 0 fully saturated rings. The molecule has 0 saturated heterocycles. The minimum absolute atomic E-state index is 0.0271. The van der Waals surface area contributed by atoms with Gasteiger partial charge < -0.3 is 19.9 Å². The number of benzene rings is 1. The van der Waals surface area contributed by atoms with Crippen molar-refractivity contribution in [2.24, 2.45) is 5.92 Å². The molecule has 0 saturated carbocycles. The number of nitrogens with one attached hydrogen (secondary N) is 1. The first-order valence-electron chi connectivity index (χ1n) is 9.11. The standard InChI is InChI=1S/C21H25NO5/c1-12-9-16-20(17(24)10-12)19(14-5-4-6-15(23)11-14)18(13(2)22-16)21(25)27-8-7-26-3/h4-6,11-12,19,22-23H,7-10H2,1-3H3. The van der Waals surface area contributed by atoms with Crippen molar-refractivity contribution in [3.63, 3.8) is 0 Å². The number of phenols is 1. The number of aromatic hydroxyl groups is 1. The highest BCUT2D eigenvalue weighted by atomic mass is 16.6. The summed E-state index contributed by atoms with van der Waals surface area (Å²) in [5, 5.41) is 13.2. The minimum Gasteiger partial charge on any atom is -0.508 e. The highest BCUT2D eigenvalue weighted by Crippen LogP contribution is 2.44. The van der Waals surface area contributed by atoms with E-state index >= 15 is 0 Å². The van der Waals surface area contributed by atoms with Crippen molar-refractivity contribution < 1.29 is 24.2 Å². The van der Waals surface area contributed by atoms with Crippen molar-refractivity contribution in [2.75, 3.05) is 20.3 Å². The first-order valence-corrected chi connectivity index (χ1v) is 9.11. The maximum Gasteiger partial charge on any atom is 0.336 e. The molecule has 1 aliphatic carbocycles. The van der Waals surface area contributed by atoms with E-state index in [1.807, 2.05) is 19.9 Å². The molecule has 0 bridgehead atoms. The number of hydrogen-bond acceptors (Lipinski definition) is 6. The van der Waals surface area contributed by atoms with Crippen LogP contribution in [0.4, 0.5) is 0 Å². The first-order chi connectivity index (χ1) is 12.9. The Hall–Kier alpha value is -2.60. The van der Waals surface area contributed by atoms with Gasteiger partial charge in [-0.05, 0) is 37.0 Å². The predicted octanol–water partition coefficient (Wildman–Crippen LogP) is 2.80. The summed E-state index contributed by atoms with van der Waals surface area (Å²) in [6, 6.07) is 6.70. The van der Waals surface area contributed by atoms with Crippen LogP contribution in [0.15, 0.2) is 46.8 Å². The summed E-state index contributed by atoms with van der Waals surface area (Å²) in [5.74, 6) is -0.669. The Morgan fingerprint density at radius 3 is 2.78 bits per heavy atom. The lowest BCUT2D eigenvalue weighted by atomic mass is 9.73. The molecular weight excluding hydrogens is 346 g/mol. The molecule has 0 spiro atoms. The number of carbonyl (C=O) groups is 2. The number of carbonyl (C=O) groups excluding carboxylic acids is 2. The van der Waals surface area contributed by atoms with Crippen molar-refractivity contribution in [1.82, 2.24) is 5.32 Å². The van der Waals surface area contributed by atoms with Crippen molar-refractivity contribution in [3.05, 3.63) is 52.4 Å². The van der Waals surface area contributed by atoms with E-state index in [0.717, 1.165) is 12.1 Å². The Morgan fingerprint density at radius 1 is 1.30 bits per heavy atom. The molecule has 6 nitrogen and oxygen atoms in total. The molecule has 1 aromatic rings. The SMILES string of the molecule is COCCOC(=O)C1=C(C)NC2=C(C(=O)CC(C)C2)C1c1cccc(O)c1. The zero-order valence-corrected chi connectivity index (χ0v) is 15.9. The van der Waals surface area contributed by atoms with Gasteiger partial charge in [-0.3, -0.25) is 4.79 Å². The summed E-state index contributed by atoms with van der Waals surface area (Å²) in [7, 11) is 1.54. The molecule has 2 aliphatic rings. The molecule has 0 aromatic heterocycles. The van der Waals surface area contributed by atoms with E-state index in [2.05, 4.69) is 5.32 Å². The molecule has 1 aromatic carbocycles. The van der Waals surface area contributed by atoms with E-state index in [4.69, 9.17) is 9.47 Å². The maximum absolute atomic E-state index is 12.9. The monoisotopic (exact) mass is 371 g/mol. The molecule has 2 N–H and O–H groups in total. The van der Waals surface area contributed by atoms with Crippen LogP contribution in [-0.2, 0) is 19.1 Å². The van der Waals surface area contributed by atoms with Crippen LogP contribution in [0, 0.1) is 5.92 Å². The third-order valence-corrected chi connectivity index (χ3v) is 4.98. The van der Waals surface area contributed by atoms with Gasteiger partial charge in [-0.15, -0.1) is 0 Å². The summed E-state index contributed by atoms with van der Waals surface area (Å²) in [5.41, 5.74) is 3.23. The normalized spacial score (nSPS) is 22.4. The van der Waals surface area contributed by atoms with Gasteiger partial charge in [-0.2, -0.15) is 0 Å². The second-order valence-corrected chi connectivity index (χ2v) is 7.15. The van der Waals surface area contributed by atoms with E-state index in [-0.39, 0.29) is 24.1 Å². The molecule has 0 amide bonds. The van der Waals surface area contributed by atoms with Crippen LogP contribution in [0.1, 0.15) is 38.2 Å². The number of methoxy groups -OCH3 is 1. The van der Waals surface area contributed by atoms with Crippen molar-refractivity contribution in [1.29, 1.82) is 0 Å². The van der Waals surface area contributed by atoms with Gasteiger partial charge in [0.2, 0.25) is 0 Å². The van der Waals surface area contributed by atoms with E-state index < -0.39 is 11.9 Å². The van der Waals surface area contributed by atoms with Crippen LogP contribution in [0.5, 0.6) is 5.75 Å². The second kappa shape index (κ2) is 7.96. The first kappa shape index (κ1) is 19.2. The van der Waals surface area contributed by atoms with Crippen LogP contribution >= 0.6 is 0 Å². The molecule has 144 valence electrons. The molecule has 3 rings (SSSR count). The largest absolute Gasteiger partial charge is 0.508 e. The fourth-order valence-electron chi connectivity index (χ4n) is 3.84. The molecule has 1 heterocycles. The predicted molar refractivity (Wildman–Crippen MR) is 99.9 cm³/mol. The Kier molecular flexibility index (Phi) is 5.65. The average Bonchev–Trinajstić information content (AvgIpc) is 2.60. The summed E-state index contributed by atoms with van der Waals surface area (Å²) in [6.45, 7) is 4.29. The third-order valence-electron chi connectivity index (χ3n) is 4.98. The number of ether oxygens (including phenoxy) is 2. The smallest absolute Gasteiger partial charge is 0.336 e. The van der Waals surface area contributed by atoms with Crippen molar-refractivity contribution in [3.8, 4) is 5.75 Å². The zero-order chi connectivity index (χ0) is 19.6. The number of ketones is 1. The quantitative estimate of drug-likeness (QED) is 0.612. The Bertz CT molecular complexity index is 824. The molecule has 1 aliphatic heterocycles. The molecule has 2 atom stereocenters. The molecule has 2 unspecified atom stereocenters. The lowest BCUT2D eigenvalue weighted by Gasteiger charge is -2.35. The van der Waals surface area contributed by atoms with E-state index in [1.54, 1.807) is 18.2 Å². The summed E-state index contributed by atoms with van der Waals surface area (Å²) >= 11 is 0. The molecule has 27 heavy (non-hydrogen) atoms. The Morgan fingerprint density at radius 2 is 2.07 bits per heavy atom. The highest BCUT2D eigenvalue weighted by Gasteiger charge is 2.40. The third kappa shape index (κ3) is 3.90. The lowest BCUT2D eigenvalue weighted by Crippen LogP contribution is -2.36. The number of Topliss-reactive ketones (excluding diaryl/α,β-unsaturated/α-hetero) is 1. The Labute approximate surface area is 158 Å². The maximum atomic E-state index is 12.9. The average molecular weight is 371 g/mol. The van der Waals surface area contributed by atoms with Crippen LogP contribution in [0.25, 0.3) is 0 Å². The van der Waals surface area contributed by atoms with Gasteiger partial charge in [0.05, 0.1) is 12.2 Å². The van der Waals surface area contributed by atoms with Gasteiger partial charge in [-0.1, -0.05) is 19.1 Å². The number of phenolic OH excluding ortho intramolecular Hbond substituents is 1. The molecule has 6 heteroatoms. The number of esters is 1. The number of allylic oxidation sites excluding steroid dienone is 3. The summed E-state index contributed by atoms with van der Waals surface area (Å²) < 4.78 is 10.3.